The molecule has 6 heteroatoms. The zero-order valence-corrected chi connectivity index (χ0v) is 15.3. The molecule has 0 saturated carbocycles. The third-order valence-corrected chi connectivity index (χ3v) is 4.52. The fourth-order valence-electron chi connectivity index (χ4n) is 3.05. The molecule has 1 fully saturated rings. The van der Waals surface area contributed by atoms with Crippen molar-refractivity contribution < 1.29 is 19.2 Å². The molecule has 6 nitrogen and oxygen atoms in total. The highest BCUT2D eigenvalue weighted by atomic mass is 16.6. The maximum atomic E-state index is 12.2. The molecule has 1 saturated heterocycles. The standard InChI is InChI=1S/C19H29N3O3/c1-3-25-19(24)22-13-11-21(12-14-22)15-18(23)20-16(2)9-10-17-7-5-4-6-8-17/h4-8,16H,3,9-15H2,1-2H3,(H,20,23)/p+1/t16-/m0/s1. The first-order valence-corrected chi connectivity index (χ1v) is 9.17. The molecule has 0 bridgehead atoms. The number of nitrogens with one attached hydrogen (secondary N) is 2. The highest BCUT2D eigenvalue weighted by Crippen LogP contribution is 2.04. The van der Waals surface area contributed by atoms with Gasteiger partial charge in [0.15, 0.2) is 6.54 Å². The molecule has 0 aromatic heterocycles. The summed E-state index contributed by atoms with van der Waals surface area (Å²) in [6, 6.07) is 10.5. The minimum absolute atomic E-state index is 0.0835. The third kappa shape index (κ3) is 6.74. The zero-order chi connectivity index (χ0) is 18.1. The molecular weight excluding hydrogens is 318 g/mol. The summed E-state index contributed by atoms with van der Waals surface area (Å²) in [5.41, 5.74) is 1.30. The van der Waals surface area contributed by atoms with Gasteiger partial charge in [-0.15, -0.1) is 0 Å². The van der Waals surface area contributed by atoms with Gasteiger partial charge in [-0.3, -0.25) is 9.69 Å². The topological polar surface area (TPSA) is 63.1 Å². The van der Waals surface area contributed by atoms with Crippen molar-refractivity contribution in [2.24, 2.45) is 0 Å². The molecule has 1 aromatic carbocycles. The number of carbonyl (C=O) groups excluding carboxylic acids is 2. The Labute approximate surface area is 150 Å². The largest absolute Gasteiger partial charge is 0.450 e. The monoisotopic (exact) mass is 348 g/mol. The molecule has 0 spiro atoms. The van der Waals surface area contributed by atoms with Gasteiger partial charge < -0.3 is 15.0 Å². The van der Waals surface area contributed by atoms with Gasteiger partial charge in [-0.2, -0.15) is 0 Å². The van der Waals surface area contributed by atoms with Crippen molar-refractivity contribution in [3.8, 4) is 0 Å². The highest BCUT2D eigenvalue weighted by Gasteiger charge is 2.26. The summed E-state index contributed by atoms with van der Waals surface area (Å²) in [6.07, 6.45) is 1.65. The molecule has 1 heterocycles. The number of nitrogens with zero attached hydrogens (tertiary/aromatic N) is 1. The van der Waals surface area contributed by atoms with Gasteiger partial charge in [0.05, 0.1) is 32.8 Å². The first kappa shape index (κ1) is 19.2. The SMILES string of the molecule is CCOC(=O)N1CC[NH+](CC(=O)N[C@@H](C)CCc2ccccc2)CC1. The smallest absolute Gasteiger partial charge is 0.410 e. The number of hydrogen-bond donors (Lipinski definition) is 2. The summed E-state index contributed by atoms with van der Waals surface area (Å²) >= 11 is 0. The van der Waals surface area contributed by atoms with Crippen molar-refractivity contribution in [2.75, 3.05) is 39.3 Å². The maximum Gasteiger partial charge on any atom is 0.410 e. The second-order valence-corrected chi connectivity index (χ2v) is 6.61. The molecular formula is C19H30N3O3+. The maximum absolute atomic E-state index is 12.2. The number of hydrogen-bond acceptors (Lipinski definition) is 3. The van der Waals surface area contributed by atoms with E-state index in [9.17, 15) is 9.59 Å². The van der Waals surface area contributed by atoms with E-state index in [0.29, 0.717) is 26.2 Å². The van der Waals surface area contributed by atoms with E-state index in [0.717, 1.165) is 25.9 Å². The van der Waals surface area contributed by atoms with Gasteiger partial charge in [-0.05, 0) is 32.3 Å². The van der Waals surface area contributed by atoms with Crippen LogP contribution in [0.25, 0.3) is 0 Å². The van der Waals surface area contributed by atoms with E-state index in [1.165, 1.54) is 10.5 Å². The Morgan fingerprint density at radius 1 is 1.24 bits per heavy atom. The van der Waals surface area contributed by atoms with Gasteiger partial charge in [0, 0.05) is 6.04 Å². The number of aryl methyl sites for hydroxylation is 1. The molecule has 2 rings (SSSR count). The van der Waals surface area contributed by atoms with Crippen LogP contribution in [0.15, 0.2) is 30.3 Å². The van der Waals surface area contributed by atoms with Crippen molar-refractivity contribution >= 4 is 12.0 Å². The normalized spacial score (nSPS) is 16.3. The summed E-state index contributed by atoms with van der Waals surface area (Å²) in [5, 5.41) is 3.09. The van der Waals surface area contributed by atoms with E-state index < -0.39 is 0 Å². The Morgan fingerprint density at radius 3 is 2.56 bits per heavy atom. The van der Waals surface area contributed by atoms with Crippen molar-refractivity contribution in [1.29, 1.82) is 0 Å². The zero-order valence-electron chi connectivity index (χ0n) is 15.3. The van der Waals surface area contributed by atoms with E-state index in [4.69, 9.17) is 4.74 Å². The Hall–Kier alpha value is -2.08. The van der Waals surface area contributed by atoms with Crippen LogP contribution >= 0.6 is 0 Å². The number of piperazine rings is 1. The average molecular weight is 348 g/mol. The number of ether oxygens (including phenoxy) is 1. The second-order valence-electron chi connectivity index (χ2n) is 6.61. The van der Waals surface area contributed by atoms with E-state index in [1.807, 2.05) is 25.1 Å². The molecule has 0 unspecified atom stereocenters. The molecule has 2 amide bonds. The Bertz CT molecular complexity index is 542. The summed E-state index contributed by atoms with van der Waals surface area (Å²) in [5.74, 6) is 0.0835. The highest BCUT2D eigenvalue weighted by molar-refractivity contribution is 5.77. The lowest BCUT2D eigenvalue weighted by Gasteiger charge is -2.31. The molecule has 1 atom stereocenters. The predicted octanol–water partition coefficient (Wildman–Crippen LogP) is 0.481. The molecule has 25 heavy (non-hydrogen) atoms. The molecule has 2 N–H and O–H groups in total. The van der Waals surface area contributed by atoms with E-state index in [-0.39, 0.29) is 18.0 Å². The lowest BCUT2D eigenvalue weighted by atomic mass is 10.1. The van der Waals surface area contributed by atoms with Gasteiger partial charge in [0.2, 0.25) is 0 Å². The fourth-order valence-corrected chi connectivity index (χ4v) is 3.05. The van der Waals surface area contributed by atoms with Crippen LogP contribution in [0.3, 0.4) is 0 Å². The second kappa shape index (κ2) is 10.0. The van der Waals surface area contributed by atoms with Crippen molar-refractivity contribution in [3.05, 3.63) is 35.9 Å². The summed E-state index contributed by atoms with van der Waals surface area (Å²) in [7, 11) is 0. The number of benzene rings is 1. The van der Waals surface area contributed by atoms with Gasteiger partial charge >= 0.3 is 6.09 Å². The van der Waals surface area contributed by atoms with Crippen LogP contribution in [0.2, 0.25) is 0 Å². The summed E-state index contributed by atoms with van der Waals surface area (Å²) < 4.78 is 5.01. The number of quaternary nitrogens is 1. The van der Waals surface area contributed by atoms with Crippen LogP contribution in [-0.2, 0) is 16.0 Å². The molecule has 1 aliphatic rings. The van der Waals surface area contributed by atoms with Crippen LogP contribution in [0.5, 0.6) is 0 Å². The fraction of sp³-hybridized carbons (Fsp3) is 0.579. The number of rotatable bonds is 7. The van der Waals surface area contributed by atoms with Crippen LogP contribution in [0, 0.1) is 0 Å². The van der Waals surface area contributed by atoms with E-state index in [2.05, 4.69) is 24.4 Å². The summed E-state index contributed by atoms with van der Waals surface area (Å²) in [4.78, 5) is 26.8. The first-order chi connectivity index (χ1) is 12.1. The van der Waals surface area contributed by atoms with Crippen LogP contribution in [0.1, 0.15) is 25.8 Å². The first-order valence-electron chi connectivity index (χ1n) is 9.17. The van der Waals surface area contributed by atoms with Gasteiger partial charge in [-0.25, -0.2) is 4.79 Å². The van der Waals surface area contributed by atoms with E-state index >= 15 is 0 Å². The van der Waals surface area contributed by atoms with E-state index in [1.54, 1.807) is 4.90 Å². The lowest BCUT2D eigenvalue weighted by Crippen LogP contribution is -3.15. The van der Waals surface area contributed by atoms with Gasteiger partial charge in [-0.1, -0.05) is 30.3 Å². The molecule has 1 aromatic rings. The van der Waals surface area contributed by atoms with Crippen LogP contribution in [0.4, 0.5) is 4.79 Å². The third-order valence-electron chi connectivity index (χ3n) is 4.52. The van der Waals surface area contributed by atoms with Crippen molar-refractivity contribution in [3.63, 3.8) is 0 Å². The van der Waals surface area contributed by atoms with Gasteiger partial charge in [0.25, 0.3) is 5.91 Å². The van der Waals surface area contributed by atoms with Crippen LogP contribution < -0.4 is 10.2 Å². The van der Waals surface area contributed by atoms with Crippen LogP contribution in [-0.4, -0.2) is 62.3 Å². The molecule has 138 valence electrons. The molecule has 1 aliphatic heterocycles. The lowest BCUT2D eigenvalue weighted by molar-refractivity contribution is -0.896. The van der Waals surface area contributed by atoms with Crippen molar-refractivity contribution in [2.45, 2.75) is 32.7 Å². The number of amides is 2. The Morgan fingerprint density at radius 2 is 1.92 bits per heavy atom. The summed E-state index contributed by atoms with van der Waals surface area (Å²) in [6.45, 7) is 7.57. The minimum Gasteiger partial charge on any atom is -0.450 e. The quantitative estimate of drug-likeness (QED) is 0.753. The van der Waals surface area contributed by atoms with Crippen molar-refractivity contribution in [1.82, 2.24) is 10.2 Å². The molecule has 0 radical (unpaired) electrons. The minimum atomic E-state index is -0.250. The average Bonchev–Trinajstić information content (AvgIpc) is 2.61. The Kier molecular flexibility index (Phi) is 7.73. The molecule has 0 aliphatic carbocycles. The predicted molar refractivity (Wildman–Crippen MR) is 96.5 cm³/mol. The Balaban J connectivity index is 1.64. The number of carbonyl (C=O) groups is 2. The van der Waals surface area contributed by atoms with Gasteiger partial charge in [0.1, 0.15) is 0 Å².